The van der Waals surface area contributed by atoms with Crippen molar-refractivity contribution in [3.63, 3.8) is 0 Å². The number of halogens is 1. The third kappa shape index (κ3) is 5.63. The van der Waals surface area contributed by atoms with Crippen molar-refractivity contribution in [3.8, 4) is 5.75 Å². The molecule has 0 aliphatic rings. The molecule has 32 heavy (non-hydrogen) atoms. The second-order valence-electron chi connectivity index (χ2n) is 8.53. The number of carbonyl (C=O) groups is 1. The Balaban J connectivity index is 2.01. The van der Waals surface area contributed by atoms with Crippen LogP contribution >= 0.6 is 0 Å². The topological polar surface area (TPSA) is 76.8 Å². The Bertz CT molecular complexity index is 1090. The minimum absolute atomic E-state index is 0.178. The van der Waals surface area contributed by atoms with Gasteiger partial charge in [0, 0.05) is 32.8 Å². The molecule has 2 aromatic carbocycles. The molecule has 0 radical (unpaired) electrons. The number of aromatic nitrogens is 2. The van der Waals surface area contributed by atoms with E-state index in [4.69, 9.17) is 9.47 Å². The molecule has 0 unspecified atom stereocenters. The summed E-state index contributed by atoms with van der Waals surface area (Å²) in [6.07, 6.45) is 0. The van der Waals surface area contributed by atoms with E-state index in [0.717, 1.165) is 16.9 Å². The van der Waals surface area contributed by atoms with Gasteiger partial charge in [0.1, 0.15) is 29.5 Å². The molecule has 7 nitrogen and oxygen atoms in total. The van der Waals surface area contributed by atoms with Crippen LogP contribution in [0.25, 0.3) is 11.0 Å². The molecule has 0 fully saturated rings. The van der Waals surface area contributed by atoms with Crippen LogP contribution in [0, 0.1) is 12.7 Å². The number of hydrogen-bond acceptors (Lipinski definition) is 5. The minimum atomic E-state index is -1.02. The van der Waals surface area contributed by atoms with Crippen LogP contribution in [0.3, 0.4) is 0 Å². The molecule has 172 valence electrons. The molecule has 0 aliphatic heterocycles. The maximum Gasteiger partial charge on any atom is 0.253 e. The first-order valence-corrected chi connectivity index (χ1v) is 10.4. The zero-order valence-electron chi connectivity index (χ0n) is 19.2. The molecule has 3 aromatic rings. The van der Waals surface area contributed by atoms with Crippen molar-refractivity contribution in [2.24, 2.45) is 0 Å². The number of carbonyl (C=O) groups excluding carboxylic acids is 1. The van der Waals surface area contributed by atoms with Crippen LogP contribution in [0.5, 0.6) is 5.75 Å². The first kappa shape index (κ1) is 23.7. The molecule has 8 heteroatoms. The standard InChI is InChI=1S/C24H30FN3O4/c1-16-26-20-12-18(23(29)27(4)15-24(2,3)30)13-21(22(20)28(16)10-11-31-5)32-14-17-6-8-19(25)9-7-17/h6-9,12-13,30H,10-11,14-15H2,1-5H3. The first-order chi connectivity index (χ1) is 15.1. The van der Waals surface area contributed by atoms with Crippen molar-refractivity contribution in [1.82, 2.24) is 14.5 Å². The second-order valence-corrected chi connectivity index (χ2v) is 8.53. The number of benzene rings is 2. The van der Waals surface area contributed by atoms with E-state index in [0.29, 0.717) is 30.0 Å². The molecule has 0 saturated heterocycles. The molecule has 3 rings (SSSR count). The molecule has 1 heterocycles. The molecule has 0 atom stereocenters. The van der Waals surface area contributed by atoms with Gasteiger partial charge in [0.2, 0.25) is 0 Å². The third-order valence-electron chi connectivity index (χ3n) is 5.04. The number of aliphatic hydroxyl groups is 1. The van der Waals surface area contributed by atoms with Gasteiger partial charge in [-0.1, -0.05) is 12.1 Å². The van der Waals surface area contributed by atoms with E-state index in [1.165, 1.54) is 17.0 Å². The number of hydrogen-bond donors (Lipinski definition) is 1. The SMILES string of the molecule is COCCn1c(C)nc2cc(C(=O)N(C)CC(C)(C)O)cc(OCc3ccc(F)cc3)c21. The Morgan fingerprint density at radius 3 is 2.56 bits per heavy atom. The lowest BCUT2D eigenvalue weighted by atomic mass is 10.1. The van der Waals surface area contributed by atoms with E-state index >= 15 is 0 Å². The zero-order chi connectivity index (χ0) is 23.5. The van der Waals surface area contributed by atoms with E-state index in [2.05, 4.69) is 4.98 Å². The molecule has 1 N–H and O–H groups in total. The smallest absolute Gasteiger partial charge is 0.253 e. The Morgan fingerprint density at radius 2 is 1.94 bits per heavy atom. The lowest BCUT2D eigenvalue weighted by molar-refractivity contribution is 0.0368. The van der Waals surface area contributed by atoms with Gasteiger partial charge in [-0.15, -0.1) is 0 Å². The predicted molar refractivity (Wildman–Crippen MR) is 120 cm³/mol. The number of rotatable bonds is 9. The van der Waals surface area contributed by atoms with Crippen molar-refractivity contribution in [2.45, 2.75) is 39.5 Å². The zero-order valence-corrected chi connectivity index (χ0v) is 19.2. The molecule has 0 bridgehead atoms. The third-order valence-corrected chi connectivity index (χ3v) is 5.04. The van der Waals surface area contributed by atoms with Crippen LogP contribution in [0.2, 0.25) is 0 Å². The maximum atomic E-state index is 13.2. The van der Waals surface area contributed by atoms with E-state index in [9.17, 15) is 14.3 Å². The van der Waals surface area contributed by atoms with Gasteiger partial charge < -0.3 is 24.0 Å². The van der Waals surface area contributed by atoms with Gasteiger partial charge in [-0.25, -0.2) is 9.37 Å². The molecular formula is C24H30FN3O4. The number of methoxy groups -OCH3 is 1. The predicted octanol–water partition coefficient (Wildman–Crippen LogP) is 3.55. The summed E-state index contributed by atoms with van der Waals surface area (Å²) in [7, 11) is 3.28. The van der Waals surface area contributed by atoms with E-state index < -0.39 is 5.60 Å². The van der Waals surface area contributed by atoms with Crippen LogP contribution in [0.15, 0.2) is 36.4 Å². The molecule has 1 aromatic heterocycles. The number of imidazole rings is 1. The summed E-state index contributed by atoms with van der Waals surface area (Å²) in [5.41, 5.74) is 1.60. The lowest BCUT2D eigenvalue weighted by Gasteiger charge is -2.25. The van der Waals surface area contributed by atoms with Gasteiger partial charge in [-0.3, -0.25) is 4.79 Å². The highest BCUT2D eigenvalue weighted by molar-refractivity contribution is 5.99. The van der Waals surface area contributed by atoms with Crippen molar-refractivity contribution in [2.75, 3.05) is 27.3 Å². The van der Waals surface area contributed by atoms with Crippen LogP contribution < -0.4 is 4.74 Å². The maximum absolute atomic E-state index is 13.2. The quantitative estimate of drug-likeness (QED) is 0.547. The number of aryl methyl sites for hydroxylation is 1. The highest BCUT2D eigenvalue weighted by Gasteiger charge is 2.23. The Labute approximate surface area is 187 Å². The molecule has 1 amide bonds. The average molecular weight is 444 g/mol. The summed E-state index contributed by atoms with van der Waals surface area (Å²) in [5.74, 6) is 0.721. The van der Waals surface area contributed by atoms with Crippen molar-refractivity contribution >= 4 is 16.9 Å². The summed E-state index contributed by atoms with van der Waals surface area (Å²) in [5, 5.41) is 10.1. The van der Waals surface area contributed by atoms with Gasteiger partial charge >= 0.3 is 0 Å². The fraction of sp³-hybridized carbons (Fsp3) is 0.417. The van der Waals surface area contributed by atoms with Crippen LogP contribution in [-0.4, -0.2) is 58.4 Å². The van der Waals surface area contributed by atoms with Crippen LogP contribution in [-0.2, 0) is 17.9 Å². The van der Waals surface area contributed by atoms with Crippen molar-refractivity contribution in [3.05, 3.63) is 59.2 Å². The Hall–Kier alpha value is -2.97. The van der Waals surface area contributed by atoms with Crippen molar-refractivity contribution in [1.29, 1.82) is 0 Å². The fourth-order valence-corrected chi connectivity index (χ4v) is 3.65. The van der Waals surface area contributed by atoms with Gasteiger partial charge in [-0.2, -0.15) is 0 Å². The normalized spacial score (nSPS) is 11.7. The lowest BCUT2D eigenvalue weighted by Crippen LogP contribution is -2.39. The summed E-state index contributed by atoms with van der Waals surface area (Å²) in [6.45, 7) is 6.66. The number of amides is 1. The van der Waals surface area contributed by atoms with E-state index in [1.54, 1.807) is 52.3 Å². The van der Waals surface area contributed by atoms with Crippen LogP contribution in [0.1, 0.15) is 35.6 Å². The summed E-state index contributed by atoms with van der Waals surface area (Å²) >= 11 is 0. The highest BCUT2D eigenvalue weighted by Crippen LogP contribution is 2.30. The minimum Gasteiger partial charge on any atom is -0.487 e. The molecule has 0 saturated carbocycles. The van der Waals surface area contributed by atoms with Gasteiger partial charge in [0.05, 0.1) is 17.7 Å². The number of ether oxygens (including phenoxy) is 2. The second kappa shape index (κ2) is 9.67. The van der Waals surface area contributed by atoms with Gasteiger partial charge in [0.15, 0.2) is 0 Å². The van der Waals surface area contributed by atoms with Gasteiger partial charge in [-0.05, 0) is 50.6 Å². The average Bonchev–Trinajstić information content (AvgIpc) is 3.04. The number of nitrogens with zero attached hydrogens (tertiary/aromatic N) is 3. The van der Waals surface area contributed by atoms with E-state index in [1.807, 2.05) is 11.5 Å². The number of likely N-dealkylation sites (N-methyl/N-ethyl adjacent to an activating group) is 1. The molecule has 0 spiro atoms. The van der Waals surface area contributed by atoms with E-state index in [-0.39, 0.29) is 24.9 Å². The van der Waals surface area contributed by atoms with Gasteiger partial charge in [0.25, 0.3) is 5.91 Å². The Kier molecular flexibility index (Phi) is 7.16. The monoisotopic (exact) mass is 443 g/mol. The highest BCUT2D eigenvalue weighted by atomic mass is 19.1. The first-order valence-electron chi connectivity index (χ1n) is 10.4. The van der Waals surface area contributed by atoms with Crippen LogP contribution in [0.4, 0.5) is 4.39 Å². The summed E-state index contributed by atoms with van der Waals surface area (Å²) in [6, 6.07) is 9.51. The number of fused-ring (bicyclic) bond motifs is 1. The summed E-state index contributed by atoms with van der Waals surface area (Å²) < 4.78 is 26.6. The summed E-state index contributed by atoms with van der Waals surface area (Å²) in [4.78, 5) is 19.2. The Morgan fingerprint density at radius 1 is 1.25 bits per heavy atom. The van der Waals surface area contributed by atoms with Crippen molar-refractivity contribution < 1.29 is 23.8 Å². The molecular weight excluding hydrogens is 413 g/mol. The molecule has 0 aliphatic carbocycles. The largest absolute Gasteiger partial charge is 0.487 e. The fourth-order valence-electron chi connectivity index (χ4n) is 3.65.